The number of benzene rings is 2. The van der Waals surface area contributed by atoms with Gasteiger partial charge in [-0.2, -0.15) is 0 Å². The lowest BCUT2D eigenvalue weighted by molar-refractivity contribution is -0.136. The number of hydrogen-bond acceptors (Lipinski definition) is 13. The third-order valence-electron chi connectivity index (χ3n) is 10.8. The van der Waals surface area contributed by atoms with Crippen molar-refractivity contribution in [1.29, 1.82) is 0 Å². The van der Waals surface area contributed by atoms with Crippen LogP contribution in [0.3, 0.4) is 0 Å². The summed E-state index contributed by atoms with van der Waals surface area (Å²) in [6.07, 6.45) is 4.26. The fourth-order valence-electron chi connectivity index (χ4n) is 8.00. The van der Waals surface area contributed by atoms with Crippen molar-refractivity contribution in [3.05, 3.63) is 65.5 Å². The fraction of sp³-hybridized carbons (Fsp3) is 0.389. The zero-order valence-electron chi connectivity index (χ0n) is 29.8. The SMILES string of the molecule is CS(=O)(=O)c1ccc(Nc2nc(N3CCCC(NC(=O)N4CC5(C4)CN(c4ccc6c(c4)C(=O)N(C4CCC(=O)NC4=O)C6=O)C5)C3)cnc2C(N)=O)cc1. The molecule has 1 spiro atoms. The molecular formula is C36H38N10O8S. The molecule has 5 N–H and O–H groups in total. The van der Waals surface area contributed by atoms with Crippen molar-refractivity contribution >= 4 is 68.4 Å². The Morgan fingerprint density at radius 3 is 2.36 bits per heavy atom. The number of rotatable bonds is 8. The predicted molar refractivity (Wildman–Crippen MR) is 196 cm³/mol. The van der Waals surface area contributed by atoms with Crippen molar-refractivity contribution < 1.29 is 37.2 Å². The minimum Gasteiger partial charge on any atom is -0.370 e. The second-order valence-electron chi connectivity index (χ2n) is 14.8. The van der Waals surface area contributed by atoms with Crippen LogP contribution < -0.4 is 31.5 Å². The summed E-state index contributed by atoms with van der Waals surface area (Å²) in [5.74, 6) is -2.35. The summed E-state index contributed by atoms with van der Waals surface area (Å²) >= 11 is 0. The lowest BCUT2D eigenvalue weighted by atomic mass is 9.72. The second-order valence-corrected chi connectivity index (χ2v) is 16.9. The van der Waals surface area contributed by atoms with E-state index in [2.05, 4.69) is 30.8 Å². The third kappa shape index (κ3) is 6.68. The first kappa shape index (κ1) is 35.9. The third-order valence-corrected chi connectivity index (χ3v) is 11.9. The smallest absolute Gasteiger partial charge is 0.317 e. The zero-order valence-corrected chi connectivity index (χ0v) is 30.6. The molecule has 18 nitrogen and oxygen atoms in total. The Balaban J connectivity index is 0.851. The van der Waals surface area contributed by atoms with Gasteiger partial charge in [0.25, 0.3) is 17.7 Å². The van der Waals surface area contributed by atoms with Crippen LogP contribution in [0.15, 0.2) is 53.6 Å². The number of carbonyl (C=O) groups excluding carboxylic acids is 6. The number of nitrogens with zero attached hydrogens (tertiary/aromatic N) is 6. The molecule has 55 heavy (non-hydrogen) atoms. The van der Waals surface area contributed by atoms with Gasteiger partial charge in [-0.1, -0.05) is 0 Å². The zero-order chi connectivity index (χ0) is 38.8. The minimum atomic E-state index is -3.39. The first-order valence-electron chi connectivity index (χ1n) is 17.8. The van der Waals surface area contributed by atoms with Gasteiger partial charge in [0, 0.05) is 74.8 Å². The predicted octanol–water partition coefficient (Wildman–Crippen LogP) is 0.624. The summed E-state index contributed by atoms with van der Waals surface area (Å²) in [6.45, 7) is 3.59. The molecule has 5 aliphatic rings. The average molecular weight is 771 g/mol. The first-order chi connectivity index (χ1) is 26.2. The van der Waals surface area contributed by atoms with Crippen LogP contribution in [0, 0.1) is 5.41 Å². The van der Waals surface area contributed by atoms with Gasteiger partial charge in [-0.15, -0.1) is 0 Å². The molecule has 6 heterocycles. The Kier molecular flexibility index (Phi) is 8.70. The van der Waals surface area contributed by atoms with Crippen LogP contribution in [-0.4, -0.2) is 121 Å². The average Bonchev–Trinajstić information content (AvgIpc) is 3.35. The number of piperidine rings is 2. The molecule has 1 aromatic heterocycles. The summed E-state index contributed by atoms with van der Waals surface area (Å²) in [6, 6.07) is 9.71. The molecule has 286 valence electrons. The molecule has 2 unspecified atom stereocenters. The number of nitrogens with two attached hydrogens (primary N) is 1. The van der Waals surface area contributed by atoms with E-state index in [1.165, 1.54) is 18.3 Å². The van der Waals surface area contributed by atoms with Gasteiger partial charge in [0.15, 0.2) is 21.3 Å². The number of amides is 7. The van der Waals surface area contributed by atoms with E-state index in [0.29, 0.717) is 50.8 Å². The Morgan fingerprint density at radius 2 is 1.67 bits per heavy atom. The molecule has 19 heteroatoms. The van der Waals surface area contributed by atoms with Crippen molar-refractivity contribution in [3.8, 4) is 0 Å². The van der Waals surface area contributed by atoms with Gasteiger partial charge in [0.05, 0.1) is 22.2 Å². The Hall–Kier alpha value is -6.11. The molecule has 4 fully saturated rings. The van der Waals surface area contributed by atoms with E-state index < -0.39 is 45.4 Å². The minimum absolute atomic E-state index is 0.0527. The van der Waals surface area contributed by atoms with Crippen molar-refractivity contribution in [3.63, 3.8) is 0 Å². The normalized spacial score (nSPS) is 21.8. The monoisotopic (exact) mass is 770 g/mol. The summed E-state index contributed by atoms with van der Waals surface area (Å²) in [5.41, 5.74) is 7.13. The number of primary amides is 1. The van der Waals surface area contributed by atoms with Crippen LogP contribution in [0.2, 0.25) is 0 Å². The number of anilines is 4. The van der Waals surface area contributed by atoms with Gasteiger partial charge in [-0.25, -0.2) is 23.2 Å². The topological polar surface area (TPSA) is 237 Å². The number of urea groups is 1. The van der Waals surface area contributed by atoms with Crippen LogP contribution in [0.5, 0.6) is 0 Å². The molecular weight excluding hydrogens is 733 g/mol. The van der Waals surface area contributed by atoms with Crippen molar-refractivity contribution in [2.24, 2.45) is 11.1 Å². The van der Waals surface area contributed by atoms with Crippen LogP contribution in [0.1, 0.15) is 56.9 Å². The van der Waals surface area contributed by atoms with Gasteiger partial charge in [-0.3, -0.25) is 34.2 Å². The van der Waals surface area contributed by atoms with Gasteiger partial charge in [0.1, 0.15) is 11.9 Å². The number of sulfone groups is 1. The lowest BCUT2D eigenvalue weighted by Crippen LogP contribution is -2.74. The summed E-state index contributed by atoms with van der Waals surface area (Å²) in [4.78, 5) is 91.6. The Morgan fingerprint density at radius 1 is 0.945 bits per heavy atom. The number of imide groups is 2. The number of aromatic nitrogens is 2. The largest absolute Gasteiger partial charge is 0.370 e. The molecule has 4 saturated heterocycles. The molecule has 5 aliphatic heterocycles. The highest BCUT2D eigenvalue weighted by Gasteiger charge is 2.54. The van der Waals surface area contributed by atoms with E-state index in [4.69, 9.17) is 5.73 Å². The Labute approximate surface area is 315 Å². The van der Waals surface area contributed by atoms with Crippen LogP contribution >= 0.6 is 0 Å². The maximum absolute atomic E-state index is 13.3. The maximum atomic E-state index is 13.3. The number of fused-ring (bicyclic) bond motifs is 1. The van der Waals surface area contributed by atoms with Crippen molar-refractivity contribution in [1.82, 2.24) is 30.4 Å². The van der Waals surface area contributed by atoms with Crippen molar-refractivity contribution in [2.75, 3.05) is 60.6 Å². The highest BCUT2D eigenvalue weighted by Crippen LogP contribution is 2.43. The van der Waals surface area contributed by atoms with E-state index in [0.717, 1.165) is 29.7 Å². The van der Waals surface area contributed by atoms with Crippen LogP contribution in [0.25, 0.3) is 0 Å². The molecule has 0 saturated carbocycles. The van der Waals surface area contributed by atoms with Crippen LogP contribution in [-0.2, 0) is 19.4 Å². The van der Waals surface area contributed by atoms with Crippen LogP contribution in [0.4, 0.5) is 27.8 Å². The van der Waals surface area contributed by atoms with E-state index in [-0.39, 0.29) is 57.9 Å². The first-order valence-corrected chi connectivity index (χ1v) is 19.7. The number of carbonyl (C=O) groups is 6. The number of likely N-dealkylation sites (tertiary alicyclic amines) is 1. The fourth-order valence-corrected chi connectivity index (χ4v) is 8.63. The van der Waals surface area contributed by atoms with Crippen molar-refractivity contribution in [2.45, 2.75) is 42.7 Å². The molecule has 3 aromatic rings. The van der Waals surface area contributed by atoms with Gasteiger partial charge >= 0.3 is 6.03 Å². The summed E-state index contributed by atoms with van der Waals surface area (Å²) < 4.78 is 23.7. The molecule has 0 bridgehead atoms. The summed E-state index contributed by atoms with van der Waals surface area (Å²) in [7, 11) is -3.39. The molecule has 2 atom stereocenters. The molecule has 2 aromatic carbocycles. The lowest BCUT2D eigenvalue weighted by Gasteiger charge is -2.60. The molecule has 8 rings (SSSR count). The molecule has 7 amide bonds. The van der Waals surface area contributed by atoms with Gasteiger partial charge in [0.2, 0.25) is 11.8 Å². The maximum Gasteiger partial charge on any atom is 0.317 e. The Bertz CT molecular complexity index is 2270. The van der Waals surface area contributed by atoms with E-state index >= 15 is 0 Å². The molecule has 0 radical (unpaired) electrons. The quantitative estimate of drug-likeness (QED) is 0.230. The van der Waals surface area contributed by atoms with Gasteiger partial charge in [-0.05, 0) is 61.7 Å². The highest BCUT2D eigenvalue weighted by molar-refractivity contribution is 7.90. The second kappa shape index (κ2) is 13.3. The highest BCUT2D eigenvalue weighted by atomic mass is 32.2. The van der Waals surface area contributed by atoms with E-state index in [9.17, 15) is 37.2 Å². The number of nitrogens with one attached hydrogen (secondary N) is 3. The van der Waals surface area contributed by atoms with E-state index in [1.807, 2.05) is 4.90 Å². The molecule has 0 aliphatic carbocycles. The van der Waals surface area contributed by atoms with E-state index in [1.54, 1.807) is 35.2 Å². The number of hydrogen-bond donors (Lipinski definition) is 4. The summed E-state index contributed by atoms with van der Waals surface area (Å²) in [5, 5.41) is 8.37. The van der Waals surface area contributed by atoms with Gasteiger partial charge < -0.3 is 31.1 Å². The standard InChI is InChI=1S/C36H38N10O8S/c1-55(53,54)23-7-4-20(5-8-23)39-31-29(30(37)48)38-14-27(41-31)43-12-2-3-21(15-43)40-35(52)45-18-36(19-45)16-44(17-36)22-6-9-24-25(13-22)34(51)46(33(24)50)26-10-11-28(47)42-32(26)49/h4-9,13-14,21,26H,2-3,10-12,15-19H2,1H3,(H2,37,48)(H,39,41)(H,40,52)(H,42,47,49).